The van der Waals surface area contributed by atoms with Crippen LogP contribution in [-0.4, -0.2) is 19.1 Å². The second-order valence-electron chi connectivity index (χ2n) is 5.52. The second kappa shape index (κ2) is 5.29. The van der Waals surface area contributed by atoms with Crippen LogP contribution < -0.4 is 15.8 Å². The van der Waals surface area contributed by atoms with Gasteiger partial charge in [0.15, 0.2) is 0 Å². The van der Waals surface area contributed by atoms with Gasteiger partial charge in [-0.3, -0.25) is 4.79 Å². The molecular weight excluding hydrogens is 228 g/mol. The number of ether oxygens (including phenoxy) is 1. The molecule has 0 spiro atoms. The molecule has 1 aromatic rings. The van der Waals surface area contributed by atoms with E-state index in [1.807, 2.05) is 6.92 Å². The minimum absolute atomic E-state index is 0.0215. The van der Waals surface area contributed by atoms with Crippen LogP contribution in [0.1, 0.15) is 38.1 Å². The van der Waals surface area contributed by atoms with Crippen molar-refractivity contribution in [3.63, 3.8) is 0 Å². The summed E-state index contributed by atoms with van der Waals surface area (Å²) in [4.78, 5) is 12.0. The van der Waals surface area contributed by atoms with Crippen LogP contribution in [0.3, 0.4) is 0 Å². The Kier molecular flexibility index (Phi) is 4.22. The Balaban J connectivity index is 2.82. The molecule has 0 saturated heterocycles. The van der Waals surface area contributed by atoms with Gasteiger partial charge in [0.1, 0.15) is 5.75 Å². The van der Waals surface area contributed by atoms with Gasteiger partial charge in [-0.05, 0) is 30.5 Å². The third kappa shape index (κ3) is 3.39. The molecule has 3 N–H and O–H groups in total. The Morgan fingerprint density at radius 1 is 1.39 bits per heavy atom. The lowest BCUT2D eigenvalue weighted by atomic mass is 9.88. The van der Waals surface area contributed by atoms with Gasteiger partial charge in [-0.25, -0.2) is 0 Å². The van der Waals surface area contributed by atoms with Crippen molar-refractivity contribution in [1.82, 2.24) is 5.32 Å². The predicted octanol–water partition coefficient (Wildman–Crippen LogP) is 2.44. The summed E-state index contributed by atoms with van der Waals surface area (Å²) in [6.07, 6.45) is 0. The normalized spacial score (nSPS) is 12.9. The van der Waals surface area contributed by atoms with Gasteiger partial charge >= 0.3 is 0 Å². The number of nitrogens with one attached hydrogen (secondary N) is 1. The lowest BCUT2D eigenvalue weighted by Gasteiger charge is -2.28. The van der Waals surface area contributed by atoms with Crippen molar-refractivity contribution < 1.29 is 9.53 Å². The molecule has 18 heavy (non-hydrogen) atoms. The minimum Gasteiger partial charge on any atom is -0.495 e. The van der Waals surface area contributed by atoms with Crippen LogP contribution in [0.5, 0.6) is 5.75 Å². The number of hydrogen-bond donors (Lipinski definition) is 2. The molecule has 100 valence electrons. The third-order valence-corrected chi connectivity index (χ3v) is 3.14. The van der Waals surface area contributed by atoms with Crippen LogP contribution in [0.2, 0.25) is 0 Å². The summed E-state index contributed by atoms with van der Waals surface area (Å²) in [5, 5.41) is 2.97. The first-order valence-corrected chi connectivity index (χ1v) is 6.00. The van der Waals surface area contributed by atoms with Crippen molar-refractivity contribution in [2.45, 2.75) is 33.7 Å². The summed E-state index contributed by atoms with van der Waals surface area (Å²) in [7, 11) is 1.55. The second-order valence-corrected chi connectivity index (χ2v) is 5.52. The topological polar surface area (TPSA) is 64.3 Å². The van der Waals surface area contributed by atoms with E-state index in [2.05, 4.69) is 26.1 Å². The molecule has 4 heteroatoms. The molecule has 0 aliphatic carbocycles. The zero-order valence-electron chi connectivity index (χ0n) is 11.7. The summed E-state index contributed by atoms with van der Waals surface area (Å²) >= 11 is 0. The molecule has 0 bridgehead atoms. The summed E-state index contributed by atoms with van der Waals surface area (Å²) in [5.74, 6) is 0.460. The van der Waals surface area contributed by atoms with Gasteiger partial charge in [0.25, 0.3) is 5.91 Å². The van der Waals surface area contributed by atoms with Gasteiger partial charge in [-0.2, -0.15) is 0 Å². The van der Waals surface area contributed by atoms with Crippen LogP contribution in [-0.2, 0) is 0 Å². The summed E-state index contributed by atoms with van der Waals surface area (Å²) in [6.45, 7) is 8.24. The molecule has 1 atom stereocenters. The highest BCUT2D eigenvalue weighted by atomic mass is 16.5. The van der Waals surface area contributed by atoms with E-state index in [-0.39, 0.29) is 17.4 Å². The molecule has 1 amide bonds. The maximum atomic E-state index is 12.0. The monoisotopic (exact) mass is 250 g/mol. The Hall–Kier alpha value is -1.71. The van der Waals surface area contributed by atoms with Crippen LogP contribution in [0.4, 0.5) is 5.69 Å². The smallest absolute Gasteiger partial charge is 0.251 e. The van der Waals surface area contributed by atoms with E-state index in [9.17, 15) is 4.79 Å². The molecule has 1 aromatic carbocycles. The number of methoxy groups -OCH3 is 1. The Bertz CT molecular complexity index is 436. The summed E-state index contributed by atoms with van der Waals surface area (Å²) in [5.41, 5.74) is 6.81. The Morgan fingerprint density at radius 3 is 2.44 bits per heavy atom. The van der Waals surface area contributed by atoms with Crippen LogP contribution in [0, 0.1) is 5.41 Å². The largest absolute Gasteiger partial charge is 0.495 e. The number of anilines is 1. The molecule has 0 saturated carbocycles. The summed E-state index contributed by atoms with van der Waals surface area (Å²) in [6, 6.07) is 5.11. The van der Waals surface area contributed by atoms with E-state index in [1.165, 1.54) is 0 Å². The summed E-state index contributed by atoms with van der Waals surface area (Å²) < 4.78 is 5.06. The SMILES string of the molecule is COc1ccc(C(=O)NC(C)C(C)(C)C)cc1N. The molecule has 0 fully saturated rings. The number of rotatable bonds is 3. The molecule has 0 heterocycles. The maximum Gasteiger partial charge on any atom is 0.251 e. The van der Waals surface area contributed by atoms with E-state index in [4.69, 9.17) is 10.5 Å². The first kappa shape index (κ1) is 14.4. The zero-order valence-corrected chi connectivity index (χ0v) is 11.7. The standard InChI is InChI=1S/C14H22N2O2/c1-9(14(2,3)4)16-13(17)10-6-7-12(18-5)11(15)8-10/h6-9H,15H2,1-5H3,(H,16,17). The molecule has 0 aliphatic rings. The Morgan fingerprint density at radius 2 is 2.00 bits per heavy atom. The van der Waals surface area contributed by atoms with Crippen LogP contribution in [0.25, 0.3) is 0 Å². The number of carbonyl (C=O) groups is 1. The van der Waals surface area contributed by atoms with Gasteiger partial charge in [-0.1, -0.05) is 20.8 Å². The number of hydrogen-bond acceptors (Lipinski definition) is 3. The van der Waals surface area contributed by atoms with Gasteiger partial charge in [0.2, 0.25) is 0 Å². The number of carbonyl (C=O) groups excluding carboxylic acids is 1. The lowest BCUT2D eigenvalue weighted by Crippen LogP contribution is -2.41. The number of amides is 1. The molecular formula is C14H22N2O2. The molecule has 1 rings (SSSR count). The predicted molar refractivity (Wildman–Crippen MR) is 73.8 cm³/mol. The van der Waals surface area contributed by atoms with Crippen molar-refractivity contribution >= 4 is 11.6 Å². The van der Waals surface area contributed by atoms with Crippen molar-refractivity contribution in [1.29, 1.82) is 0 Å². The van der Waals surface area contributed by atoms with Gasteiger partial charge in [0, 0.05) is 11.6 Å². The van der Waals surface area contributed by atoms with Crippen LogP contribution in [0.15, 0.2) is 18.2 Å². The highest BCUT2D eigenvalue weighted by Gasteiger charge is 2.22. The average Bonchev–Trinajstić information content (AvgIpc) is 2.27. The van der Waals surface area contributed by atoms with E-state index in [1.54, 1.807) is 25.3 Å². The first-order valence-electron chi connectivity index (χ1n) is 6.00. The molecule has 0 aliphatic heterocycles. The van der Waals surface area contributed by atoms with Crippen molar-refractivity contribution in [2.24, 2.45) is 5.41 Å². The number of nitrogen functional groups attached to an aromatic ring is 1. The zero-order chi connectivity index (χ0) is 13.9. The molecule has 4 nitrogen and oxygen atoms in total. The van der Waals surface area contributed by atoms with E-state index in [0.29, 0.717) is 17.0 Å². The fourth-order valence-corrected chi connectivity index (χ4v) is 1.37. The van der Waals surface area contributed by atoms with Crippen molar-refractivity contribution in [3.05, 3.63) is 23.8 Å². The fraction of sp³-hybridized carbons (Fsp3) is 0.500. The van der Waals surface area contributed by atoms with Crippen molar-refractivity contribution in [3.8, 4) is 5.75 Å². The third-order valence-electron chi connectivity index (χ3n) is 3.14. The maximum absolute atomic E-state index is 12.0. The minimum atomic E-state index is -0.119. The van der Waals surface area contributed by atoms with E-state index in [0.717, 1.165) is 0 Å². The quantitative estimate of drug-likeness (QED) is 0.810. The fourth-order valence-electron chi connectivity index (χ4n) is 1.37. The number of benzene rings is 1. The Labute approximate surface area is 109 Å². The van der Waals surface area contributed by atoms with Gasteiger partial charge < -0.3 is 15.8 Å². The molecule has 0 aromatic heterocycles. The number of nitrogens with two attached hydrogens (primary N) is 1. The van der Waals surface area contributed by atoms with E-state index >= 15 is 0 Å². The van der Waals surface area contributed by atoms with Gasteiger partial charge in [0.05, 0.1) is 12.8 Å². The highest BCUT2D eigenvalue weighted by Crippen LogP contribution is 2.23. The van der Waals surface area contributed by atoms with Crippen molar-refractivity contribution in [2.75, 3.05) is 12.8 Å². The van der Waals surface area contributed by atoms with Crippen LogP contribution >= 0.6 is 0 Å². The molecule has 0 radical (unpaired) electrons. The molecule has 1 unspecified atom stereocenters. The lowest BCUT2D eigenvalue weighted by molar-refractivity contribution is 0.0910. The van der Waals surface area contributed by atoms with E-state index < -0.39 is 0 Å². The highest BCUT2D eigenvalue weighted by molar-refractivity contribution is 5.95. The van der Waals surface area contributed by atoms with Gasteiger partial charge in [-0.15, -0.1) is 0 Å². The first-order chi connectivity index (χ1) is 8.25. The average molecular weight is 250 g/mol.